The van der Waals surface area contributed by atoms with E-state index in [1.165, 1.54) is 0 Å². The van der Waals surface area contributed by atoms with Gasteiger partial charge in [0, 0.05) is 26.2 Å². The number of nitrogens with one attached hydrogen (secondary N) is 2. The molecule has 0 aromatic heterocycles. The number of aliphatic imine (C=N–C) groups is 1. The normalized spacial score (nSPS) is 17.4. The maximum atomic E-state index is 12.6. The highest BCUT2D eigenvalue weighted by molar-refractivity contribution is 14.0. The summed E-state index contributed by atoms with van der Waals surface area (Å²) in [5.74, 6) is -0.0980. The van der Waals surface area contributed by atoms with Crippen LogP contribution < -0.4 is 10.6 Å². The van der Waals surface area contributed by atoms with Crippen LogP contribution in [0.3, 0.4) is 0 Å². The minimum Gasteiger partial charge on any atom is -0.459 e. The molecule has 0 aliphatic carbocycles. The van der Waals surface area contributed by atoms with Crippen LogP contribution in [0.5, 0.6) is 0 Å². The number of alkyl halides is 3. The van der Waals surface area contributed by atoms with Crippen molar-refractivity contribution in [1.29, 1.82) is 0 Å². The van der Waals surface area contributed by atoms with Crippen LogP contribution in [0, 0.1) is 5.92 Å². The largest absolute Gasteiger partial charge is 0.511 e. The van der Waals surface area contributed by atoms with Crippen LogP contribution in [-0.4, -0.2) is 68.5 Å². The first kappa shape index (κ1) is 28.2. The van der Waals surface area contributed by atoms with Crippen molar-refractivity contribution in [2.75, 3.05) is 32.7 Å². The van der Waals surface area contributed by atoms with E-state index in [9.17, 15) is 26.4 Å². The number of hydrogen-bond acceptors (Lipinski definition) is 5. The topological polar surface area (TPSA) is 100 Å². The van der Waals surface area contributed by atoms with Crippen LogP contribution in [-0.2, 0) is 19.6 Å². The summed E-state index contributed by atoms with van der Waals surface area (Å²) in [6.07, 6.45) is 0.599. The third-order valence-electron chi connectivity index (χ3n) is 3.89. The van der Waals surface area contributed by atoms with Gasteiger partial charge in [-0.05, 0) is 46.5 Å². The van der Waals surface area contributed by atoms with Gasteiger partial charge in [-0.25, -0.2) is 13.4 Å². The number of ether oxygens (including phenoxy) is 1. The molecule has 0 aromatic carbocycles. The second-order valence-corrected chi connectivity index (χ2v) is 9.39. The van der Waals surface area contributed by atoms with Crippen LogP contribution >= 0.6 is 24.0 Å². The Bertz CT molecular complexity index is 658. The molecule has 29 heavy (non-hydrogen) atoms. The van der Waals surface area contributed by atoms with Crippen molar-refractivity contribution in [3.05, 3.63) is 0 Å². The highest BCUT2D eigenvalue weighted by Gasteiger charge is 2.50. The van der Waals surface area contributed by atoms with Crippen molar-refractivity contribution < 1.29 is 31.1 Å². The number of rotatable bonds is 6. The molecule has 2 N–H and O–H groups in total. The highest BCUT2D eigenvalue weighted by Crippen LogP contribution is 2.30. The van der Waals surface area contributed by atoms with Crippen LogP contribution in [0.4, 0.5) is 13.2 Å². The summed E-state index contributed by atoms with van der Waals surface area (Å²) in [4.78, 5) is 15.9. The summed E-state index contributed by atoms with van der Waals surface area (Å²) in [6, 6.07) is 0. The molecule has 1 rings (SSSR count). The van der Waals surface area contributed by atoms with E-state index in [0.717, 1.165) is 0 Å². The van der Waals surface area contributed by atoms with E-state index in [2.05, 4.69) is 15.6 Å². The van der Waals surface area contributed by atoms with Crippen molar-refractivity contribution in [2.24, 2.45) is 10.9 Å². The van der Waals surface area contributed by atoms with Crippen LogP contribution in [0.1, 0.15) is 40.5 Å². The van der Waals surface area contributed by atoms with Gasteiger partial charge in [-0.1, -0.05) is 0 Å². The molecular formula is C16H30F3IN4O4S. The predicted octanol–water partition coefficient (Wildman–Crippen LogP) is 2.06. The molecular weight excluding hydrogens is 528 g/mol. The van der Waals surface area contributed by atoms with Crippen molar-refractivity contribution >= 4 is 45.9 Å². The monoisotopic (exact) mass is 558 g/mol. The van der Waals surface area contributed by atoms with Gasteiger partial charge in [0.25, 0.3) is 0 Å². The van der Waals surface area contributed by atoms with Crippen molar-refractivity contribution in [3.8, 4) is 0 Å². The molecule has 1 aliphatic heterocycles. The number of carbonyl (C=O) groups excluding carboxylic acids is 1. The van der Waals surface area contributed by atoms with E-state index >= 15 is 0 Å². The number of carbonyl (C=O) groups is 1. The fraction of sp³-hybridized carbons (Fsp3) is 0.875. The Morgan fingerprint density at radius 2 is 1.72 bits per heavy atom. The van der Waals surface area contributed by atoms with Gasteiger partial charge in [-0.15, -0.1) is 24.0 Å². The second kappa shape index (κ2) is 11.5. The average molecular weight is 558 g/mol. The first-order chi connectivity index (χ1) is 12.8. The number of sulfonamides is 1. The number of esters is 1. The molecule has 0 bridgehead atoms. The molecule has 0 radical (unpaired) electrons. The number of guanidine groups is 1. The van der Waals surface area contributed by atoms with Crippen molar-refractivity contribution in [2.45, 2.75) is 51.6 Å². The zero-order valence-corrected chi connectivity index (χ0v) is 20.2. The summed E-state index contributed by atoms with van der Waals surface area (Å²) in [7, 11) is -5.27. The SMILES string of the molecule is CCNC(=NCC(=O)OC(C)(C)C)NCC1CCN(S(=O)(=O)C(F)(F)F)CC1.I. The van der Waals surface area contributed by atoms with Gasteiger partial charge in [-0.3, -0.25) is 4.79 Å². The minimum absolute atomic E-state index is 0. The van der Waals surface area contributed by atoms with E-state index in [4.69, 9.17) is 4.74 Å². The zero-order chi connectivity index (χ0) is 21.6. The molecule has 0 saturated carbocycles. The maximum Gasteiger partial charge on any atom is 0.511 e. The molecule has 0 amide bonds. The molecule has 8 nitrogen and oxygen atoms in total. The van der Waals surface area contributed by atoms with E-state index in [0.29, 0.717) is 36.2 Å². The third-order valence-corrected chi connectivity index (χ3v) is 5.52. The van der Waals surface area contributed by atoms with Gasteiger partial charge in [0.15, 0.2) is 5.96 Å². The van der Waals surface area contributed by atoms with E-state index in [1.54, 1.807) is 20.8 Å². The molecule has 1 fully saturated rings. The fourth-order valence-electron chi connectivity index (χ4n) is 2.60. The predicted molar refractivity (Wildman–Crippen MR) is 115 cm³/mol. The van der Waals surface area contributed by atoms with E-state index in [-0.39, 0.29) is 49.5 Å². The van der Waals surface area contributed by atoms with Crippen LogP contribution in [0.25, 0.3) is 0 Å². The lowest BCUT2D eigenvalue weighted by atomic mass is 9.98. The summed E-state index contributed by atoms with van der Waals surface area (Å²) in [6.45, 7) is 7.54. The molecule has 1 saturated heterocycles. The molecule has 0 unspecified atom stereocenters. The summed E-state index contributed by atoms with van der Waals surface area (Å²) < 4.78 is 66.3. The first-order valence-corrected chi connectivity index (χ1v) is 10.5. The van der Waals surface area contributed by atoms with Gasteiger partial charge in [0.2, 0.25) is 0 Å². The molecule has 0 aromatic rings. The number of piperidine rings is 1. The lowest BCUT2D eigenvalue weighted by Crippen LogP contribution is -2.47. The Kier molecular flexibility index (Phi) is 11.2. The maximum absolute atomic E-state index is 12.6. The molecule has 0 atom stereocenters. The molecule has 13 heteroatoms. The molecule has 1 heterocycles. The van der Waals surface area contributed by atoms with Gasteiger partial charge >= 0.3 is 21.5 Å². The second-order valence-electron chi connectivity index (χ2n) is 7.46. The Morgan fingerprint density at radius 1 is 1.17 bits per heavy atom. The summed E-state index contributed by atoms with van der Waals surface area (Å²) in [5, 5.41) is 6.00. The Hall–Kier alpha value is -0.830. The Labute approximate surface area is 187 Å². The van der Waals surface area contributed by atoms with Crippen molar-refractivity contribution in [1.82, 2.24) is 14.9 Å². The molecule has 1 aliphatic rings. The zero-order valence-electron chi connectivity index (χ0n) is 17.0. The van der Waals surface area contributed by atoms with E-state index < -0.39 is 27.1 Å². The minimum atomic E-state index is -5.27. The average Bonchev–Trinajstić information content (AvgIpc) is 2.55. The third kappa shape index (κ3) is 9.68. The molecule has 172 valence electrons. The fourth-order valence-corrected chi connectivity index (χ4v) is 3.58. The van der Waals surface area contributed by atoms with E-state index in [1.807, 2.05) is 6.92 Å². The lowest BCUT2D eigenvalue weighted by Gasteiger charge is -2.31. The molecule has 0 spiro atoms. The van der Waals surface area contributed by atoms with Crippen molar-refractivity contribution in [3.63, 3.8) is 0 Å². The van der Waals surface area contributed by atoms with Crippen LogP contribution in [0.15, 0.2) is 4.99 Å². The smallest absolute Gasteiger partial charge is 0.459 e. The van der Waals surface area contributed by atoms with Gasteiger partial charge in [0.05, 0.1) is 0 Å². The standard InChI is InChI=1S/C16H29F3N4O4S.HI/c1-5-20-14(22-11-13(24)27-15(2,3)4)21-10-12-6-8-23(9-7-12)28(25,26)16(17,18)19;/h12H,5-11H2,1-4H3,(H2,20,21,22);1H. The number of hydrogen-bond donors (Lipinski definition) is 2. The van der Waals surface area contributed by atoms with Gasteiger partial charge in [-0.2, -0.15) is 17.5 Å². The van der Waals surface area contributed by atoms with Crippen LogP contribution in [0.2, 0.25) is 0 Å². The van der Waals surface area contributed by atoms with Gasteiger partial charge in [0.1, 0.15) is 12.1 Å². The van der Waals surface area contributed by atoms with Gasteiger partial charge < -0.3 is 15.4 Å². The first-order valence-electron chi connectivity index (χ1n) is 9.06. The lowest BCUT2D eigenvalue weighted by molar-refractivity contribution is -0.152. The quantitative estimate of drug-likeness (QED) is 0.224. The summed E-state index contributed by atoms with van der Waals surface area (Å²) in [5.41, 5.74) is -5.88. The highest BCUT2D eigenvalue weighted by atomic mass is 127. The Morgan fingerprint density at radius 3 is 2.17 bits per heavy atom. The Balaban J connectivity index is 0.00000784. The summed E-state index contributed by atoms with van der Waals surface area (Å²) >= 11 is 0. The number of halogens is 4. The number of nitrogens with zero attached hydrogens (tertiary/aromatic N) is 2.